The third-order valence-electron chi connectivity index (χ3n) is 4.30. The quantitative estimate of drug-likeness (QED) is 0.391. The number of carbonyl (C=O) groups excluding carboxylic acids is 2. The van der Waals surface area contributed by atoms with Gasteiger partial charge in [0.1, 0.15) is 12.0 Å². The molecule has 1 fully saturated rings. The SMILES string of the molecule is CNC(=O)/C(C)=C\N(C=O)C1CCC(COP2OCc3ccccc3O2)O1.CO. The van der Waals surface area contributed by atoms with Gasteiger partial charge in [-0.1, -0.05) is 18.2 Å². The maximum atomic E-state index is 11.6. The third-order valence-corrected chi connectivity index (χ3v) is 5.35. The summed E-state index contributed by atoms with van der Waals surface area (Å²) in [6.45, 7) is 2.41. The lowest BCUT2D eigenvalue weighted by Gasteiger charge is -2.25. The molecule has 2 amide bonds. The molecule has 2 heterocycles. The number of para-hydroxylation sites is 1. The van der Waals surface area contributed by atoms with E-state index in [-0.39, 0.29) is 12.0 Å². The number of likely N-dealkylation sites (N-methyl/N-ethyl adjacent to an activating group) is 1. The second kappa shape index (κ2) is 11.8. The van der Waals surface area contributed by atoms with Crippen molar-refractivity contribution in [3.05, 3.63) is 41.6 Å². The predicted molar refractivity (Wildman–Crippen MR) is 106 cm³/mol. The summed E-state index contributed by atoms with van der Waals surface area (Å²) in [4.78, 5) is 24.3. The zero-order valence-corrected chi connectivity index (χ0v) is 17.6. The monoisotopic (exact) mass is 426 g/mol. The number of aliphatic hydroxyl groups is 1. The fraction of sp³-hybridized carbons (Fsp3) is 0.474. The molecule has 160 valence electrons. The van der Waals surface area contributed by atoms with Crippen LogP contribution in [0.15, 0.2) is 36.0 Å². The molecule has 0 spiro atoms. The first-order valence-corrected chi connectivity index (χ1v) is 10.3. The van der Waals surface area contributed by atoms with E-state index in [2.05, 4.69) is 5.32 Å². The fourth-order valence-corrected chi connectivity index (χ4v) is 3.89. The average Bonchev–Trinajstić information content (AvgIpc) is 3.25. The zero-order chi connectivity index (χ0) is 21.2. The number of aliphatic hydroxyl groups excluding tert-OH is 1. The lowest BCUT2D eigenvalue weighted by Crippen LogP contribution is -2.32. The molecule has 0 aromatic heterocycles. The van der Waals surface area contributed by atoms with Crippen molar-refractivity contribution < 1.29 is 33.0 Å². The van der Waals surface area contributed by atoms with E-state index in [0.717, 1.165) is 24.8 Å². The van der Waals surface area contributed by atoms with Gasteiger partial charge in [-0.25, -0.2) is 0 Å². The van der Waals surface area contributed by atoms with E-state index >= 15 is 0 Å². The van der Waals surface area contributed by atoms with Crippen LogP contribution in [0.2, 0.25) is 0 Å². The Bertz CT molecular complexity index is 716. The number of amides is 2. The lowest BCUT2D eigenvalue weighted by atomic mass is 10.2. The summed E-state index contributed by atoms with van der Waals surface area (Å²) in [6.07, 6.45) is 2.97. The molecule has 9 nitrogen and oxygen atoms in total. The van der Waals surface area contributed by atoms with Crippen LogP contribution in [-0.2, 0) is 30.0 Å². The molecule has 0 aliphatic carbocycles. The minimum absolute atomic E-state index is 0.168. The Balaban J connectivity index is 0.00000145. The van der Waals surface area contributed by atoms with Gasteiger partial charge in [-0.15, -0.1) is 0 Å². The summed E-state index contributed by atoms with van der Waals surface area (Å²) in [5.74, 6) is 0.538. The maximum Gasteiger partial charge on any atom is 0.397 e. The van der Waals surface area contributed by atoms with Crippen molar-refractivity contribution in [2.75, 3.05) is 20.8 Å². The number of hydrogen-bond acceptors (Lipinski definition) is 7. The summed E-state index contributed by atoms with van der Waals surface area (Å²) < 4.78 is 22.9. The molecule has 10 heteroatoms. The van der Waals surface area contributed by atoms with E-state index in [1.807, 2.05) is 24.3 Å². The molecule has 2 aliphatic heterocycles. The molecular weight excluding hydrogens is 399 g/mol. The molecule has 1 aromatic carbocycles. The van der Waals surface area contributed by atoms with Crippen molar-refractivity contribution in [3.8, 4) is 5.75 Å². The Kier molecular flexibility index (Phi) is 9.50. The predicted octanol–water partition coefficient (Wildman–Crippen LogP) is 2.06. The average molecular weight is 426 g/mol. The second-order valence-corrected chi connectivity index (χ2v) is 7.37. The smallest absolute Gasteiger partial charge is 0.397 e. The Hall–Kier alpha value is -2.03. The van der Waals surface area contributed by atoms with Gasteiger partial charge < -0.3 is 19.7 Å². The van der Waals surface area contributed by atoms with Crippen LogP contribution in [0.5, 0.6) is 5.75 Å². The molecule has 1 aromatic rings. The van der Waals surface area contributed by atoms with E-state index in [1.54, 1.807) is 14.0 Å². The highest BCUT2D eigenvalue weighted by Crippen LogP contribution is 2.47. The first-order valence-electron chi connectivity index (χ1n) is 9.16. The molecule has 3 rings (SSSR count). The zero-order valence-electron chi connectivity index (χ0n) is 16.7. The number of ether oxygens (including phenoxy) is 1. The van der Waals surface area contributed by atoms with Crippen molar-refractivity contribution in [3.63, 3.8) is 0 Å². The minimum Gasteiger partial charge on any atom is -0.426 e. The number of nitrogens with one attached hydrogen (secondary N) is 1. The summed E-state index contributed by atoms with van der Waals surface area (Å²) in [5.41, 5.74) is 1.43. The van der Waals surface area contributed by atoms with Crippen molar-refractivity contribution >= 4 is 20.9 Å². The molecule has 29 heavy (non-hydrogen) atoms. The molecule has 2 N–H and O–H groups in total. The second-order valence-electron chi connectivity index (χ2n) is 6.23. The molecular formula is C19H27N2O7P. The highest BCUT2D eigenvalue weighted by molar-refractivity contribution is 7.42. The topological polar surface area (TPSA) is 107 Å². The fourth-order valence-electron chi connectivity index (χ4n) is 2.84. The largest absolute Gasteiger partial charge is 0.426 e. The van der Waals surface area contributed by atoms with Gasteiger partial charge in [0.05, 0.1) is 19.3 Å². The Morgan fingerprint density at radius 1 is 1.38 bits per heavy atom. The summed E-state index contributed by atoms with van der Waals surface area (Å²) in [6, 6.07) is 7.69. The number of carbonyl (C=O) groups is 2. The van der Waals surface area contributed by atoms with E-state index in [0.29, 0.717) is 31.6 Å². The van der Waals surface area contributed by atoms with Gasteiger partial charge in [-0.3, -0.25) is 23.5 Å². The number of hydrogen-bond donors (Lipinski definition) is 2. The number of fused-ring (bicyclic) bond motifs is 1. The summed E-state index contributed by atoms with van der Waals surface area (Å²) in [5, 5.41) is 9.52. The van der Waals surface area contributed by atoms with Crippen LogP contribution in [-0.4, -0.2) is 55.4 Å². The molecule has 3 atom stereocenters. The Morgan fingerprint density at radius 3 is 2.86 bits per heavy atom. The molecule has 0 bridgehead atoms. The normalized spacial score (nSPS) is 23.2. The molecule has 0 radical (unpaired) electrons. The minimum atomic E-state index is -1.46. The first kappa shape index (κ1) is 23.3. The van der Waals surface area contributed by atoms with Crippen LogP contribution < -0.4 is 9.84 Å². The Labute approximate surface area is 171 Å². The van der Waals surface area contributed by atoms with Gasteiger partial charge >= 0.3 is 8.60 Å². The molecule has 0 saturated carbocycles. The maximum absolute atomic E-state index is 11.6. The highest BCUT2D eigenvalue weighted by Gasteiger charge is 2.31. The highest BCUT2D eigenvalue weighted by atomic mass is 31.2. The van der Waals surface area contributed by atoms with E-state index < -0.39 is 14.8 Å². The van der Waals surface area contributed by atoms with Crippen LogP contribution in [0.1, 0.15) is 25.3 Å². The summed E-state index contributed by atoms with van der Waals surface area (Å²) >= 11 is 0. The third kappa shape index (κ3) is 6.48. The van der Waals surface area contributed by atoms with Gasteiger partial charge in [-0.05, 0) is 25.8 Å². The Morgan fingerprint density at radius 2 is 2.14 bits per heavy atom. The van der Waals surface area contributed by atoms with Crippen LogP contribution >= 0.6 is 8.60 Å². The van der Waals surface area contributed by atoms with E-state index in [1.165, 1.54) is 11.1 Å². The summed E-state index contributed by atoms with van der Waals surface area (Å²) in [7, 11) is 1.08. The first-order chi connectivity index (χ1) is 14.1. The van der Waals surface area contributed by atoms with Crippen LogP contribution in [0, 0.1) is 0 Å². The van der Waals surface area contributed by atoms with Crippen molar-refractivity contribution in [2.24, 2.45) is 0 Å². The number of rotatable bonds is 7. The molecule has 2 aliphatic rings. The number of benzene rings is 1. The van der Waals surface area contributed by atoms with Crippen molar-refractivity contribution in [1.29, 1.82) is 0 Å². The lowest BCUT2D eigenvalue weighted by molar-refractivity contribution is -0.127. The standard InChI is InChI=1S/C18H23N2O6P.CH4O/c1-13(18(22)19-2)9-20(12-21)17-8-7-15(25-17)11-24-27-23-10-14-5-3-4-6-16(14)26-27;1-2/h3-6,9,12,15,17H,7-8,10-11H2,1-2H3,(H,19,22);2H,1H3/b13-9-;. The van der Waals surface area contributed by atoms with E-state index in [4.69, 9.17) is 23.4 Å². The van der Waals surface area contributed by atoms with Crippen LogP contribution in [0.3, 0.4) is 0 Å². The van der Waals surface area contributed by atoms with E-state index in [9.17, 15) is 9.59 Å². The van der Waals surface area contributed by atoms with Gasteiger partial charge in [0.25, 0.3) is 0 Å². The van der Waals surface area contributed by atoms with Crippen molar-refractivity contribution in [1.82, 2.24) is 10.2 Å². The van der Waals surface area contributed by atoms with Crippen molar-refractivity contribution in [2.45, 2.75) is 38.7 Å². The van der Waals surface area contributed by atoms with Gasteiger partial charge in [0.15, 0.2) is 0 Å². The molecule has 3 unspecified atom stereocenters. The van der Waals surface area contributed by atoms with Crippen LogP contribution in [0.25, 0.3) is 0 Å². The van der Waals surface area contributed by atoms with Gasteiger partial charge in [-0.2, -0.15) is 0 Å². The van der Waals surface area contributed by atoms with Gasteiger partial charge in [0.2, 0.25) is 12.3 Å². The van der Waals surface area contributed by atoms with Gasteiger partial charge in [0, 0.05) is 31.5 Å². The van der Waals surface area contributed by atoms with Crippen LogP contribution in [0.4, 0.5) is 0 Å². The number of nitrogens with zero attached hydrogens (tertiary/aromatic N) is 1. The molecule has 1 saturated heterocycles.